The second-order valence-electron chi connectivity index (χ2n) is 6.88. The Hall–Kier alpha value is -3.30. The summed E-state index contributed by atoms with van der Waals surface area (Å²) < 4.78 is 14.1. The molecule has 0 aliphatic rings. The predicted molar refractivity (Wildman–Crippen MR) is 90.3 cm³/mol. The molecule has 26 heavy (non-hydrogen) atoms. The van der Waals surface area contributed by atoms with Crippen molar-refractivity contribution in [1.29, 1.82) is 0 Å². The summed E-state index contributed by atoms with van der Waals surface area (Å²) in [5, 5.41) is 20.9. The Morgan fingerprint density at radius 2 is 2.08 bits per heavy atom. The largest absolute Gasteiger partial charge is 0.468 e. The molecule has 10 heteroatoms. The van der Waals surface area contributed by atoms with Crippen LogP contribution in [0.3, 0.4) is 0 Å². The maximum atomic E-state index is 5.98. The van der Waals surface area contributed by atoms with Gasteiger partial charge in [0.15, 0.2) is 17.2 Å². The molecule has 10 nitrogen and oxygen atoms in total. The fourth-order valence-electron chi connectivity index (χ4n) is 2.53. The van der Waals surface area contributed by atoms with Crippen LogP contribution in [0.4, 0.5) is 0 Å². The molecule has 0 atom stereocenters. The zero-order chi connectivity index (χ0) is 18.3. The van der Waals surface area contributed by atoms with Crippen molar-refractivity contribution in [2.75, 3.05) is 0 Å². The van der Waals surface area contributed by atoms with Gasteiger partial charge in [0.05, 0.1) is 0 Å². The zero-order valence-corrected chi connectivity index (χ0v) is 14.9. The number of aromatic nitrogens is 8. The molecule has 0 N–H and O–H groups in total. The lowest BCUT2D eigenvalue weighted by atomic mass is 9.88. The van der Waals surface area contributed by atoms with Crippen molar-refractivity contribution in [2.45, 2.75) is 32.8 Å². The molecule has 0 amide bonds. The summed E-state index contributed by atoms with van der Waals surface area (Å²) in [6, 6.07) is 3.63. The first-order chi connectivity index (χ1) is 12.4. The maximum Gasteiger partial charge on any atom is 0.236 e. The quantitative estimate of drug-likeness (QED) is 0.545. The monoisotopic (exact) mass is 354 g/mol. The van der Waals surface area contributed by atoms with Crippen LogP contribution in [0.15, 0.2) is 29.2 Å². The van der Waals surface area contributed by atoms with Crippen LogP contribution in [0.2, 0.25) is 0 Å². The minimum atomic E-state index is -0.191. The van der Waals surface area contributed by atoms with Gasteiger partial charge in [-0.2, -0.15) is 9.61 Å². The lowest BCUT2D eigenvalue weighted by Crippen LogP contribution is -2.17. The Labute approximate surface area is 148 Å². The van der Waals surface area contributed by atoms with Crippen LogP contribution in [-0.4, -0.2) is 39.7 Å². The summed E-state index contributed by atoms with van der Waals surface area (Å²) in [6.07, 6.45) is 2.97. The van der Waals surface area contributed by atoms with Crippen LogP contribution >= 0.6 is 0 Å². The highest BCUT2D eigenvalue weighted by atomic mass is 16.5. The van der Waals surface area contributed by atoms with Gasteiger partial charge in [-0.3, -0.25) is 4.68 Å². The number of aryl methyl sites for hydroxylation is 1. The van der Waals surface area contributed by atoms with Gasteiger partial charge in [0.2, 0.25) is 11.7 Å². The highest BCUT2D eigenvalue weighted by Gasteiger charge is 2.24. The Bertz CT molecular complexity index is 1040. The zero-order valence-electron chi connectivity index (χ0n) is 14.9. The normalized spacial score (nSPS) is 12.0. The van der Waals surface area contributed by atoms with E-state index in [2.05, 4.69) is 51.3 Å². The van der Waals surface area contributed by atoms with E-state index in [0.29, 0.717) is 28.9 Å². The van der Waals surface area contributed by atoms with Crippen LogP contribution in [-0.2, 0) is 19.1 Å². The molecule has 0 radical (unpaired) electrons. The van der Waals surface area contributed by atoms with Crippen molar-refractivity contribution >= 4 is 5.65 Å². The van der Waals surface area contributed by atoms with E-state index in [9.17, 15) is 0 Å². The molecule has 4 aromatic rings. The molecule has 0 saturated heterocycles. The second kappa shape index (κ2) is 5.90. The van der Waals surface area contributed by atoms with Crippen LogP contribution in [0.1, 0.15) is 32.2 Å². The number of nitrogens with zero attached hydrogens (tertiary/aromatic N) is 8. The smallest absolute Gasteiger partial charge is 0.236 e. The SMILES string of the molecule is Cn1ncnc1COc1nn2c(-c3ccon3)nnc2cc1C(C)(C)C. The Morgan fingerprint density at radius 1 is 1.23 bits per heavy atom. The predicted octanol–water partition coefficient (Wildman–Crippen LogP) is 1.78. The number of rotatable bonds is 4. The molecule has 0 spiro atoms. The third-order valence-electron chi connectivity index (χ3n) is 3.98. The van der Waals surface area contributed by atoms with E-state index < -0.39 is 0 Å². The molecule has 0 unspecified atom stereocenters. The summed E-state index contributed by atoms with van der Waals surface area (Å²) in [6.45, 7) is 6.51. The van der Waals surface area contributed by atoms with Gasteiger partial charge in [-0.25, -0.2) is 4.98 Å². The fraction of sp³-hybridized carbons (Fsp3) is 0.375. The van der Waals surface area contributed by atoms with Gasteiger partial charge in [0.25, 0.3) is 0 Å². The molecule has 4 rings (SSSR count). The third-order valence-corrected chi connectivity index (χ3v) is 3.98. The van der Waals surface area contributed by atoms with E-state index in [1.807, 2.05) is 13.1 Å². The molecule has 4 aromatic heterocycles. The van der Waals surface area contributed by atoms with Crippen LogP contribution in [0.25, 0.3) is 17.2 Å². The fourth-order valence-corrected chi connectivity index (χ4v) is 2.53. The third kappa shape index (κ3) is 2.79. The Morgan fingerprint density at radius 3 is 2.73 bits per heavy atom. The summed E-state index contributed by atoms with van der Waals surface area (Å²) in [7, 11) is 1.81. The topological polar surface area (TPSA) is 109 Å². The van der Waals surface area contributed by atoms with Gasteiger partial charge in [-0.05, 0) is 11.5 Å². The average molecular weight is 354 g/mol. The van der Waals surface area contributed by atoms with Crippen molar-refractivity contribution in [3.05, 3.63) is 36.1 Å². The van der Waals surface area contributed by atoms with Crippen molar-refractivity contribution in [3.8, 4) is 17.4 Å². The molecule has 0 aliphatic heterocycles. The molecule has 4 heterocycles. The Balaban J connectivity index is 1.79. The van der Waals surface area contributed by atoms with Gasteiger partial charge in [0, 0.05) is 18.7 Å². The van der Waals surface area contributed by atoms with Gasteiger partial charge >= 0.3 is 0 Å². The van der Waals surface area contributed by atoms with Gasteiger partial charge in [0.1, 0.15) is 19.2 Å². The van der Waals surface area contributed by atoms with Crippen LogP contribution in [0.5, 0.6) is 5.88 Å². The summed E-state index contributed by atoms with van der Waals surface area (Å²) in [4.78, 5) is 4.18. The van der Waals surface area contributed by atoms with Gasteiger partial charge in [-0.1, -0.05) is 25.9 Å². The summed E-state index contributed by atoms with van der Waals surface area (Å²) in [5.74, 6) is 1.67. The number of hydrogen-bond donors (Lipinski definition) is 0. The van der Waals surface area contributed by atoms with Gasteiger partial charge in [-0.15, -0.1) is 15.3 Å². The number of fused-ring (bicyclic) bond motifs is 1. The minimum Gasteiger partial charge on any atom is -0.468 e. The van der Waals surface area contributed by atoms with E-state index in [1.165, 1.54) is 12.6 Å². The standard InChI is InChI=1S/C16H18N8O2/c1-16(2,3)10-7-12-19-20-14(11-5-6-26-22-11)24(12)21-15(10)25-8-13-17-9-18-23(13)4/h5-7,9H,8H2,1-4H3. The van der Waals surface area contributed by atoms with Crippen LogP contribution < -0.4 is 4.74 Å². The first-order valence-electron chi connectivity index (χ1n) is 8.07. The first-order valence-corrected chi connectivity index (χ1v) is 8.07. The molecule has 0 saturated carbocycles. The first kappa shape index (κ1) is 16.2. The molecule has 0 fully saturated rings. The van der Waals surface area contributed by atoms with Crippen molar-refractivity contribution < 1.29 is 9.26 Å². The van der Waals surface area contributed by atoms with Crippen molar-refractivity contribution in [1.82, 2.24) is 39.7 Å². The van der Waals surface area contributed by atoms with E-state index in [-0.39, 0.29) is 12.0 Å². The highest BCUT2D eigenvalue weighted by Crippen LogP contribution is 2.31. The van der Waals surface area contributed by atoms with Crippen LogP contribution in [0, 0.1) is 0 Å². The lowest BCUT2D eigenvalue weighted by Gasteiger charge is -2.21. The molecule has 0 aliphatic carbocycles. The molecular formula is C16H18N8O2. The van der Waals surface area contributed by atoms with E-state index >= 15 is 0 Å². The lowest BCUT2D eigenvalue weighted by molar-refractivity contribution is 0.266. The molecule has 134 valence electrons. The minimum absolute atomic E-state index is 0.191. The maximum absolute atomic E-state index is 5.98. The summed E-state index contributed by atoms with van der Waals surface area (Å²) in [5.41, 5.74) is 1.89. The number of ether oxygens (including phenoxy) is 1. The molecule has 0 aromatic carbocycles. The van der Waals surface area contributed by atoms with E-state index in [4.69, 9.17) is 9.26 Å². The second-order valence-corrected chi connectivity index (χ2v) is 6.88. The van der Waals surface area contributed by atoms with Crippen molar-refractivity contribution in [3.63, 3.8) is 0 Å². The van der Waals surface area contributed by atoms with E-state index in [1.54, 1.807) is 15.3 Å². The highest BCUT2D eigenvalue weighted by molar-refractivity contribution is 5.55. The van der Waals surface area contributed by atoms with Gasteiger partial charge < -0.3 is 9.26 Å². The molecule has 0 bridgehead atoms. The molecular weight excluding hydrogens is 336 g/mol. The van der Waals surface area contributed by atoms with E-state index in [0.717, 1.165) is 5.56 Å². The average Bonchev–Trinajstić information content (AvgIpc) is 3.31. The Kier molecular flexibility index (Phi) is 3.67. The van der Waals surface area contributed by atoms with Crippen molar-refractivity contribution in [2.24, 2.45) is 7.05 Å². The number of hydrogen-bond acceptors (Lipinski definition) is 8. The summed E-state index contributed by atoms with van der Waals surface area (Å²) >= 11 is 0.